The number of phosphoric ester groups is 1. The van der Waals surface area contributed by atoms with E-state index in [9.17, 15) is 24.5 Å². The van der Waals surface area contributed by atoms with E-state index in [0.717, 1.165) is 38.5 Å². The summed E-state index contributed by atoms with van der Waals surface area (Å²) in [5, 5.41) is 24.1. The number of rotatable bonds is 45. The summed E-state index contributed by atoms with van der Waals surface area (Å²) in [7, 11) is -4.40. The largest absolute Gasteiger partial charge is 0.472 e. The van der Waals surface area contributed by atoms with E-state index in [1.54, 1.807) is 6.08 Å². The highest BCUT2D eigenvalue weighted by atomic mass is 31.2. The fourth-order valence-electron chi connectivity index (χ4n) is 7.30. The van der Waals surface area contributed by atoms with Crippen LogP contribution in [0.25, 0.3) is 0 Å². The smallest absolute Gasteiger partial charge is 0.393 e. The summed E-state index contributed by atoms with van der Waals surface area (Å²) in [5.41, 5.74) is 5.37. The second kappa shape index (κ2) is 42.3. The van der Waals surface area contributed by atoms with Gasteiger partial charge in [-0.25, -0.2) is 4.57 Å². The first-order chi connectivity index (χ1) is 27.3. The van der Waals surface area contributed by atoms with Gasteiger partial charge in [-0.05, 0) is 19.3 Å². The number of phosphoric acid groups is 1. The Hall–Kier alpha value is -0.800. The van der Waals surface area contributed by atoms with Crippen molar-refractivity contribution in [3.05, 3.63) is 12.2 Å². The van der Waals surface area contributed by atoms with Crippen LogP contribution in [0.5, 0.6) is 0 Å². The maximum absolute atomic E-state index is 12.8. The van der Waals surface area contributed by atoms with E-state index in [1.807, 2.05) is 6.08 Å². The van der Waals surface area contributed by atoms with Crippen molar-refractivity contribution in [2.45, 2.75) is 257 Å². The molecular formula is C46H93N2O7P. The van der Waals surface area contributed by atoms with Gasteiger partial charge >= 0.3 is 7.82 Å². The van der Waals surface area contributed by atoms with Crippen molar-refractivity contribution in [2.75, 3.05) is 19.8 Å². The predicted octanol–water partition coefficient (Wildman–Crippen LogP) is 12.5. The fourth-order valence-corrected chi connectivity index (χ4v) is 8.06. The Morgan fingerprint density at radius 3 is 1.38 bits per heavy atom. The third-order valence-corrected chi connectivity index (χ3v) is 11.9. The molecule has 9 nitrogen and oxygen atoms in total. The number of aliphatic hydroxyl groups excluding tert-OH is 2. The lowest BCUT2D eigenvalue weighted by atomic mass is 10.0. The maximum atomic E-state index is 12.8. The molecule has 0 saturated heterocycles. The minimum absolute atomic E-state index is 0.0516. The van der Waals surface area contributed by atoms with Gasteiger partial charge in [0, 0.05) is 6.54 Å². The molecule has 1 amide bonds. The molecule has 0 spiro atoms. The standard InChI is InChI=1S/C46H93N2O7P/c1-3-5-7-9-11-13-15-17-19-20-21-22-24-25-27-29-31-33-35-37-43(49)41-46(51)48-44(42-55-56(52,53)54-40-39-47)45(50)38-36-34-32-30-28-26-23-18-16-14-12-10-8-6-4-2/h36,38,43-45,49-50H,3-35,37,39-42,47H2,1-2H3,(H,48,51)(H,52,53)/b38-36+. The molecule has 0 rings (SSSR count). The molecule has 0 aromatic carbocycles. The Labute approximate surface area is 346 Å². The SMILES string of the molecule is CCCCCCCCCCCCCCC/C=C/C(O)C(COP(=O)(O)OCCN)NC(=O)CC(O)CCCCCCCCCCCCCCCCCCCCC. The van der Waals surface area contributed by atoms with Crippen LogP contribution in [0, 0.1) is 0 Å². The molecule has 0 bridgehead atoms. The number of amides is 1. The van der Waals surface area contributed by atoms with E-state index < -0.39 is 38.6 Å². The lowest BCUT2D eigenvalue weighted by Crippen LogP contribution is -2.46. The lowest BCUT2D eigenvalue weighted by Gasteiger charge is -2.24. The summed E-state index contributed by atoms with van der Waals surface area (Å²) >= 11 is 0. The van der Waals surface area contributed by atoms with E-state index in [4.69, 9.17) is 14.8 Å². The summed E-state index contributed by atoms with van der Waals surface area (Å²) in [6.45, 7) is 4.00. The zero-order valence-electron chi connectivity index (χ0n) is 36.8. The van der Waals surface area contributed by atoms with Crippen LogP contribution in [0.2, 0.25) is 0 Å². The van der Waals surface area contributed by atoms with Gasteiger partial charge in [-0.3, -0.25) is 13.8 Å². The number of unbranched alkanes of at least 4 members (excludes halogenated alkanes) is 31. The average Bonchev–Trinajstić information content (AvgIpc) is 3.17. The van der Waals surface area contributed by atoms with Gasteiger partial charge in [-0.15, -0.1) is 0 Å². The van der Waals surface area contributed by atoms with Gasteiger partial charge in [-0.1, -0.05) is 225 Å². The van der Waals surface area contributed by atoms with Gasteiger partial charge in [-0.2, -0.15) is 0 Å². The molecule has 56 heavy (non-hydrogen) atoms. The molecule has 6 N–H and O–H groups in total. The molecule has 334 valence electrons. The minimum Gasteiger partial charge on any atom is -0.393 e. The highest BCUT2D eigenvalue weighted by Crippen LogP contribution is 2.43. The highest BCUT2D eigenvalue weighted by Gasteiger charge is 2.27. The van der Waals surface area contributed by atoms with Crippen molar-refractivity contribution in [1.29, 1.82) is 0 Å². The Morgan fingerprint density at radius 1 is 0.607 bits per heavy atom. The molecular weight excluding hydrogens is 723 g/mol. The molecule has 4 unspecified atom stereocenters. The minimum atomic E-state index is -4.40. The molecule has 0 aromatic heterocycles. The number of nitrogens with two attached hydrogens (primary N) is 1. The Bertz CT molecular complexity index is 909. The zero-order chi connectivity index (χ0) is 41.2. The first kappa shape index (κ1) is 55.2. The average molecular weight is 817 g/mol. The third-order valence-electron chi connectivity index (χ3n) is 10.9. The molecule has 4 atom stereocenters. The van der Waals surface area contributed by atoms with Crippen LogP contribution in [0.15, 0.2) is 12.2 Å². The summed E-state index contributed by atoms with van der Waals surface area (Å²) in [5.74, 6) is -0.441. The van der Waals surface area contributed by atoms with Gasteiger partial charge < -0.3 is 26.2 Å². The number of aliphatic hydroxyl groups is 2. The summed E-state index contributed by atoms with van der Waals surface area (Å²) in [6, 6.07) is -0.977. The van der Waals surface area contributed by atoms with Crippen LogP contribution in [0.1, 0.15) is 239 Å². The van der Waals surface area contributed by atoms with Gasteiger partial charge in [0.15, 0.2) is 0 Å². The summed E-state index contributed by atoms with van der Waals surface area (Å²) < 4.78 is 22.1. The number of allylic oxidation sites excluding steroid dienone is 1. The number of carbonyl (C=O) groups is 1. The molecule has 10 heteroatoms. The van der Waals surface area contributed by atoms with E-state index in [0.29, 0.717) is 6.42 Å². The Morgan fingerprint density at radius 2 is 0.982 bits per heavy atom. The van der Waals surface area contributed by atoms with Gasteiger partial charge in [0.2, 0.25) is 5.91 Å². The van der Waals surface area contributed by atoms with Crippen molar-refractivity contribution in [3.8, 4) is 0 Å². The molecule has 0 aliphatic rings. The van der Waals surface area contributed by atoms with Crippen molar-refractivity contribution >= 4 is 13.7 Å². The topological polar surface area (TPSA) is 151 Å². The van der Waals surface area contributed by atoms with Crippen LogP contribution in [-0.4, -0.2) is 59.0 Å². The third kappa shape index (κ3) is 40.0. The normalized spacial score (nSPS) is 14.6. The number of carbonyl (C=O) groups excluding carboxylic acids is 1. The van der Waals surface area contributed by atoms with Gasteiger partial charge in [0.1, 0.15) is 0 Å². The van der Waals surface area contributed by atoms with E-state index in [2.05, 4.69) is 19.2 Å². The molecule has 0 radical (unpaired) electrons. The monoisotopic (exact) mass is 817 g/mol. The fraction of sp³-hybridized carbons (Fsp3) is 0.935. The van der Waals surface area contributed by atoms with Gasteiger partial charge in [0.05, 0.1) is 37.9 Å². The number of hydrogen-bond donors (Lipinski definition) is 5. The van der Waals surface area contributed by atoms with Gasteiger partial charge in [0.25, 0.3) is 0 Å². The van der Waals surface area contributed by atoms with Crippen molar-refractivity contribution in [3.63, 3.8) is 0 Å². The Kier molecular flexibility index (Phi) is 41.7. The first-order valence-electron chi connectivity index (χ1n) is 23.9. The van der Waals surface area contributed by atoms with E-state index >= 15 is 0 Å². The van der Waals surface area contributed by atoms with Crippen LogP contribution in [-0.2, 0) is 18.4 Å². The van der Waals surface area contributed by atoms with Crippen molar-refractivity contribution in [2.24, 2.45) is 5.73 Å². The predicted molar refractivity (Wildman–Crippen MR) is 237 cm³/mol. The van der Waals surface area contributed by atoms with Crippen molar-refractivity contribution < 1.29 is 33.5 Å². The molecule has 0 fully saturated rings. The van der Waals surface area contributed by atoms with Crippen LogP contribution in [0.4, 0.5) is 0 Å². The first-order valence-corrected chi connectivity index (χ1v) is 25.4. The van der Waals surface area contributed by atoms with Crippen LogP contribution >= 0.6 is 7.82 Å². The second-order valence-electron chi connectivity index (χ2n) is 16.5. The van der Waals surface area contributed by atoms with E-state index in [-0.39, 0.29) is 19.6 Å². The molecule has 0 aromatic rings. The van der Waals surface area contributed by atoms with Crippen molar-refractivity contribution in [1.82, 2.24) is 5.32 Å². The molecule has 0 aliphatic heterocycles. The molecule has 0 heterocycles. The molecule has 0 saturated carbocycles. The highest BCUT2D eigenvalue weighted by molar-refractivity contribution is 7.47. The maximum Gasteiger partial charge on any atom is 0.472 e. The number of hydrogen-bond acceptors (Lipinski definition) is 7. The Balaban J connectivity index is 4.20. The van der Waals surface area contributed by atoms with Crippen LogP contribution in [0.3, 0.4) is 0 Å². The summed E-state index contributed by atoms with van der Waals surface area (Å²) in [4.78, 5) is 22.8. The number of nitrogens with one attached hydrogen (secondary N) is 1. The quantitative estimate of drug-likeness (QED) is 0.0231. The molecule has 0 aliphatic carbocycles. The lowest BCUT2D eigenvalue weighted by molar-refractivity contribution is -0.124. The second-order valence-corrected chi connectivity index (χ2v) is 18.0. The van der Waals surface area contributed by atoms with E-state index in [1.165, 1.54) is 173 Å². The van der Waals surface area contributed by atoms with Crippen LogP contribution < -0.4 is 11.1 Å². The summed E-state index contributed by atoms with van der Waals surface area (Å²) in [6.07, 6.45) is 44.4. The zero-order valence-corrected chi connectivity index (χ0v) is 37.7.